The maximum atomic E-state index is 10.8. The van der Waals surface area contributed by atoms with E-state index in [9.17, 15) is 14.9 Å². The molecule has 1 fully saturated rings. The topological polar surface area (TPSA) is 92.5 Å². The molecule has 90 valence electrons. The lowest BCUT2D eigenvalue weighted by Gasteiger charge is -2.27. The molecule has 2 rings (SSSR count). The first-order valence-corrected chi connectivity index (χ1v) is 5.36. The van der Waals surface area contributed by atoms with Crippen LogP contribution in [0.3, 0.4) is 0 Å². The number of carboxylic acid groups (broad SMARTS) is 1. The summed E-state index contributed by atoms with van der Waals surface area (Å²) in [6.07, 6.45) is 3.26. The number of benzene rings is 1. The summed E-state index contributed by atoms with van der Waals surface area (Å²) >= 11 is 0. The molecule has 0 unspecified atom stereocenters. The van der Waals surface area contributed by atoms with Crippen LogP contribution >= 0.6 is 0 Å². The summed E-state index contributed by atoms with van der Waals surface area (Å²) < 4.78 is 0. The largest absolute Gasteiger partial charge is 0.477 e. The number of hydrogen-bond donors (Lipinski definition) is 2. The van der Waals surface area contributed by atoms with Crippen LogP contribution in [0.1, 0.15) is 29.6 Å². The number of nitro benzene ring substituents is 1. The van der Waals surface area contributed by atoms with Gasteiger partial charge in [-0.1, -0.05) is 0 Å². The standard InChI is InChI=1S/C11H12N2O4/c14-11(15)9-5-4-8(6-10(9)13(16)17)12-7-2-1-3-7/h4-7,12H,1-3H2,(H,14,15). The second-order valence-corrected chi connectivity index (χ2v) is 4.07. The van der Waals surface area contributed by atoms with Crippen molar-refractivity contribution in [2.24, 2.45) is 0 Å². The number of nitrogens with one attached hydrogen (secondary N) is 1. The SMILES string of the molecule is O=C(O)c1ccc(NC2CCC2)cc1[N+](=O)[O-]. The van der Waals surface area contributed by atoms with Crippen LogP contribution in [0.4, 0.5) is 11.4 Å². The summed E-state index contributed by atoms with van der Waals surface area (Å²) in [5, 5.41) is 22.7. The Kier molecular flexibility index (Phi) is 2.95. The molecule has 1 aliphatic rings. The van der Waals surface area contributed by atoms with E-state index in [4.69, 9.17) is 5.11 Å². The van der Waals surface area contributed by atoms with Gasteiger partial charge in [0.05, 0.1) is 4.92 Å². The monoisotopic (exact) mass is 236 g/mol. The van der Waals surface area contributed by atoms with Crippen LogP contribution in [-0.2, 0) is 0 Å². The van der Waals surface area contributed by atoms with E-state index in [1.165, 1.54) is 12.1 Å². The van der Waals surface area contributed by atoms with Crippen molar-refractivity contribution in [1.82, 2.24) is 0 Å². The highest BCUT2D eigenvalue weighted by Gasteiger charge is 2.22. The highest BCUT2D eigenvalue weighted by atomic mass is 16.6. The molecular formula is C11H12N2O4. The molecule has 0 amide bonds. The first-order chi connectivity index (χ1) is 8.08. The van der Waals surface area contributed by atoms with E-state index in [-0.39, 0.29) is 11.3 Å². The van der Waals surface area contributed by atoms with Gasteiger partial charge in [0, 0.05) is 17.8 Å². The minimum absolute atomic E-state index is 0.283. The van der Waals surface area contributed by atoms with Gasteiger partial charge in [-0.2, -0.15) is 0 Å². The number of nitro groups is 1. The van der Waals surface area contributed by atoms with Gasteiger partial charge in [0.15, 0.2) is 0 Å². The first-order valence-electron chi connectivity index (χ1n) is 5.36. The summed E-state index contributed by atoms with van der Waals surface area (Å²) in [6, 6.07) is 4.46. The average Bonchev–Trinajstić information content (AvgIpc) is 2.23. The third-order valence-corrected chi connectivity index (χ3v) is 2.90. The Balaban J connectivity index is 2.27. The van der Waals surface area contributed by atoms with Crippen molar-refractivity contribution in [3.63, 3.8) is 0 Å². The highest BCUT2D eigenvalue weighted by molar-refractivity contribution is 5.93. The number of anilines is 1. The maximum Gasteiger partial charge on any atom is 0.342 e. The van der Waals surface area contributed by atoms with Crippen molar-refractivity contribution < 1.29 is 14.8 Å². The lowest BCUT2D eigenvalue weighted by molar-refractivity contribution is -0.385. The quantitative estimate of drug-likeness (QED) is 0.617. The number of carboxylic acids is 1. The Morgan fingerprint density at radius 1 is 1.47 bits per heavy atom. The zero-order chi connectivity index (χ0) is 12.4. The molecule has 0 aliphatic heterocycles. The van der Waals surface area contributed by atoms with Gasteiger partial charge < -0.3 is 10.4 Å². The fraction of sp³-hybridized carbons (Fsp3) is 0.364. The number of hydrogen-bond acceptors (Lipinski definition) is 4. The molecule has 17 heavy (non-hydrogen) atoms. The van der Waals surface area contributed by atoms with Gasteiger partial charge in [-0.25, -0.2) is 4.79 Å². The molecule has 0 bridgehead atoms. The number of aromatic carboxylic acids is 1. The molecule has 6 nitrogen and oxygen atoms in total. The number of carbonyl (C=O) groups is 1. The van der Waals surface area contributed by atoms with E-state index in [1.807, 2.05) is 0 Å². The summed E-state index contributed by atoms with van der Waals surface area (Å²) in [6.45, 7) is 0. The average molecular weight is 236 g/mol. The zero-order valence-corrected chi connectivity index (χ0v) is 9.05. The Morgan fingerprint density at radius 2 is 2.18 bits per heavy atom. The van der Waals surface area contributed by atoms with Gasteiger partial charge in [0.25, 0.3) is 5.69 Å². The van der Waals surface area contributed by atoms with E-state index in [1.54, 1.807) is 6.07 Å². The van der Waals surface area contributed by atoms with Crippen molar-refractivity contribution in [1.29, 1.82) is 0 Å². The second kappa shape index (κ2) is 4.40. The summed E-state index contributed by atoms with van der Waals surface area (Å²) in [5.74, 6) is -1.29. The molecule has 1 saturated carbocycles. The van der Waals surface area contributed by atoms with E-state index in [2.05, 4.69) is 5.32 Å². The number of nitrogens with zero attached hydrogens (tertiary/aromatic N) is 1. The summed E-state index contributed by atoms with van der Waals surface area (Å²) in [5.41, 5.74) is -0.0533. The van der Waals surface area contributed by atoms with Gasteiger partial charge in [-0.15, -0.1) is 0 Å². The van der Waals surface area contributed by atoms with Crippen molar-refractivity contribution in [2.45, 2.75) is 25.3 Å². The Bertz CT molecular complexity index is 469. The molecular weight excluding hydrogens is 224 g/mol. The van der Waals surface area contributed by atoms with E-state index >= 15 is 0 Å². The van der Waals surface area contributed by atoms with Crippen LogP contribution in [0.15, 0.2) is 18.2 Å². The maximum absolute atomic E-state index is 10.8. The molecule has 0 radical (unpaired) electrons. The minimum atomic E-state index is -1.29. The van der Waals surface area contributed by atoms with E-state index in [0.717, 1.165) is 19.3 Å². The van der Waals surface area contributed by atoms with Crippen LogP contribution in [0, 0.1) is 10.1 Å². The summed E-state index contributed by atoms with van der Waals surface area (Å²) in [4.78, 5) is 20.9. The third-order valence-electron chi connectivity index (χ3n) is 2.90. The molecule has 6 heteroatoms. The van der Waals surface area contributed by atoms with E-state index in [0.29, 0.717) is 11.7 Å². The fourth-order valence-corrected chi connectivity index (χ4v) is 1.74. The second-order valence-electron chi connectivity index (χ2n) is 4.07. The molecule has 1 aliphatic carbocycles. The highest BCUT2D eigenvalue weighted by Crippen LogP contribution is 2.27. The predicted octanol–water partition coefficient (Wildman–Crippen LogP) is 2.26. The third kappa shape index (κ3) is 2.35. The normalized spacial score (nSPS) is 15.1. The first kappa shape index (κ1) is 11.4. The summed E-state index contributed by atoms with van der Waals surface area (Å²) in [7, 11) is 0. The van der Waals surface area contributed by atoms with Crippen molar-refractivity contribution in [2.75, 3.05) is 5.32 Å². The number of rotatable bonds is 4. The lowest BCUT2D eigenvalue weighted by atomic mass is 9.93. The van der Waals surface area contributed by atoms with Gasteiger partial charge in [0.1, 0.15) is 5.56 Å². The van der Waals surface area contributed by atoms with Gasteiger partial charge in [-0.3, -0.25) is 10.1 Å². The van der Waals surface area contributed by atoms with Crippen molar-refractivity contribution >= 4 is 17.3 Å². The molecule has 0 spiro atoms. The van der Waals surface area contributed by atoms with Crippen LogP contribution in [-0.4, -0.2) is 22.0 Å². The van der Waals surface area contributed by atoms with E-state index < -0.39 is 10.9 Å². The molecule has 0 aromatic heterocycles. The Morgan fingerprint density at radius 3 is 2.65 bits per heavy atom. The van der Waals surface area contributed by atoms with Crippen LogP contribution in [0.2, 0.25) is 0 Å². The zero-order valence-electron chi connectivity index (χ0n) is 9.05. The molecule has 2 N–H and O–H groups in total. The smallest absolute Gasteiger partial charge is 0.342 e. The van der Waals surface area contributed by atoms with Gasteiger partial charge >= 0.3 is 5.97 Å². The van der Waals surface area contributed by atoms with Gasteiger partial charge in [0.2, 0.25) is 0 Å². The molecule has 0 atom stereocenters. The Labute approximate surface area is 97.4 Å². The molecule has 0 heterocycles. The molecule has 0 saturated heterocycles. The molecule has 1 aromatic carbocycles. The van der Waals surface area contributed by atoms with Crippen molar-refractivity contribution in [3.8, 4) is 0 Å². The van der Waals surface area contributed by atoms with Crippen LogP contribution in [0.5, 0.6) is 0 Å². The molecule has 1 aromatic rings. The van der Waals surface area contributed by atoms with Crippen LogP contribution < -0.4 is 5.32 Å². The lowest BCUT2D eigenvalue weighted by Crippen LogP contribution is -2.27. The fourth-order valence-electron chi connectivity index (χ4n) is 1.74. The minimum Gasteiger partial charge on any atom is -0.477 e. The predicted molar refractivity (Wildman–Crippen MR) is 61.3 cm³/mol. The van der Waals surface area contributed by atoms with Crippen molar-refractivity contribution in [3.05, 3.63) is 33.9 Å². The Hall–Kier alpha value is -2.11. The van der Waals surface area contributed by atoms with Gasteiger partial charge in [-0.05, 0) is 31.4 Å². The van der Waals surface area contributed by atoms with Crippen LogP contribution in [0.25, 0.3) is 0 Å².